The number of carbonyl (C=O) groups is 3. The van der Waals surface area contributed by atoms with Crippen molar-refractivity contribution in [3.8, 4) is 5.75 Å². The first-order valence-electron chi connectivity index (χ1n) is 12.1. The van der Waals surface area contributed by atoms with Gasteiger partial charge in [-0.25, -0.2) is 0 Å². The maximum atomic E-state index is 13.5. The fourth-order valence-electron chi connectivity index (χ4n) is 4.31. The van der Waals surface area contributed by atoms with Gasteiger partial charge in [0.05, 0.1) is 19.8 Å². The number of amides is 2. The number of epoxide rings is 1. The number of rotatable bonds is 11. The fourth-order valence-corrected chi connectivity index (χ4v) is 4.31. The van der Waals surface area contributed by atoms with Crippen molar-refractivity contribution in [3.05, 3.63) is 75.7 Å². The summed E-state index contributed by atoms with van der Waals surface area (Å²) in [6, 6.07) is 9.62. The Morgan fingerprint density at radius 1 is 1.08 bits per heavy atom. The van der Waals surface area contributed by atoms with Gasteiger partial charge in [0, 0.05) is 12.5 Å². The molecule has 2 amide bonds. The van der Waals surface area contributed by atoms with Crippen molar-refractivity contribution >= 4 is 17.6 Å². The highest BCUT2D eigenvalue weighted by molar-refractivity contribution is 5.99. The monoisotopic (exact) mass is 493 g/mol. The minimum Gasteiger partial charge on any atom is -0.497 e. The lowest BCUT2D eigenvalue weighted by Gasteiger charge is -2.24. The topological polar surface area (TPSA) is 130 Å². The molecule has 190 valence electrons. The normalized spacial score (nSPS) is 20.1. The van der Waals surface area contributed by atoms with Gasteiger partial charge in [-0.2, -0.15) is 0 Å². The highest BCUT2D eigenvalue weighted by atomic mass is 16.6. The predicted molar refractivity (Wildman–Crippen MR) is 133 cm³/mol. The summed E-state index contributed by atoms with van der Waals surface area (Å²) in [5.74, 6) is -0.594. The number of carbonyl (C=O) groups excluding carboxylic acids is 3. The summed E-state index contributed by atoms with van der Waals surface area (Å²) in [6.07, 6.45) is 5.59. The molecule has 1 aromatic heterocycles. The first kappa shape index (κ1) is 25.4. The molecule has 2 heterocycles. The maximum absolute atomic E-state index is 13.5. The van der Waals surface area contributed by atoms with Crippen LogP contribution in [-0.4, -0.2) is 54.0 Å². The van der Waals surface area contributed by atoms with Gasteiger partial charge in [-0.1, -0.05) is 29.8 Å². The number of nitrogens with one attached hydrogen (secondary N) is 3. The van der Waals surface area contributed by atoms with Crippen LogP contribution in [0, 0.1) is 0 Å². The molecule has 1 aliphatic heterocycles. The van der Waals surface area contributed by atoms with Crippen LogP contribution in [0.4, 0.5) is 0 Å². The number of aromatic nitrogens is 1. The van der Waals surface area contributed by atoms with Gasteiger partial charge in [0.1, 0.15) is 23.1 Å². The highest BCUT2D eigenvalue weighted by Crippen LogP contribution is 2.31. The van der Waals surface area contributed by atoms with Crippen LogP contribution in [-0.2, 0) is 20.7 Å². The van der Waals surface area contributed by atoms with E-state index in [2.05, 4.69) is 21.7 Å². The molecule has 0 bridgehead atoms. The molecule has 9 nitrogen and oxygen atoms in total. The molecule has 0 spiro atoms. The van der Waals surface area contributed by atoms with Crippen LogP contribution >= 0.6 is 0 Å². The Balaban J connectivity index is 1.55. The standard InChI is InChI=1S/C27H31N3O6/c1-27(16-36-27)24(32)21(14-17-6-3-4-7-17)29-26(34)22(15-18-10-12-19(35-2)13-11-18)30-25(33)20-8-5-9-23(31)28-20/h5-6,8-13,21-22H,3-4,7,14-16H2,1-2H3,(H,28,31)(H,29,34)(H,30,33)/t21-,22-,27-/m0/s1. The van der Waals surface area contributed by atoms with Crippen LogP contribution < -0.4 is 20.9 Å². The molecule has 1 saturated heterocycles. The first-order valence-corrected chi connectivity index (χ1v) is 12.1. The number of H-pyrrole nitrogens is 1. The Bertz CT molecular complexity index is 1210. The number of benzene rings is 1. The first-order chi connectivity index (χ1) is 17.3. The van der Waals surface area contributed by atoms with Crippen molar-refractivity contribution in [2.75, 3.05) is 13.7 Å². The van der Waals surface area contributed by atoms with Gasteiger partial charge >= 0.3 is 0 Å². The van der Waals surface area contributed by atoms with Crippen molar-refractivity contribution in [3.63, 3.8) is 0 Å². The molecule has 4 rings (SSSR count). The van der Waals surface area contributed by atoms with E-state index in [1.165, 1.54) is 18.2 Å². The molecular formula is C27H31N3O6. The molecule has 0 saturated carbocycles. The van der Waals surface area contributed by atoms with Gasteiger partial charge in [-0.05, 0) is 56.4 Å². The maximum Gasteiger partial charge on any atom is 0.268 e. The second kappa shape index (κ2) is 10.9. The number of allylic oxidation sites excluding steroid dienone is 1. The number of methoxy groups -OCH3 is 1. The van der Waals surface area contributed by atoms with E-state index in [9.17, 15) is 19.2 Å². The third-order valence-electron chi connectivity index (χ3n) is 6.57. The molecule has 0 radical (unpaired) electrons. The molecule has 2 aliphatic rings. The lowest BCUT2D eigenvalue weighted by atomic mass is 9.94. The minimum atomic E-state index is -0.990. The summed E-state index contributed by atoms with van der Waals surface area (Å²) in [5.41, 5.74) is 0.645. The molecule has 1 aromatic carbocycles. The Hall–Kier alpha value is -3.72. The molecule has 0 unspecified atom stereocenters. The second-order valence-corrected chi connectivity index (χ2v) is 9.41. The zero-order valence-electron chi connectivity index (χ0n) is 20.5. The van der Waals surface area contributed by atoms with E-state index >= 15 is 0 Å². The number of hydrogen-bond donors (Lipinski definition) is 3. The van der Waals surface area contributed by atoms with E-state index < -0.39 is 35.1 Å². The molecule has 36 heavy (non-hydrogen) atoms. The zero-order valence-corrected chi connectivity index (χ0v) is 20.5. The Kier molecular flexibility index (Phi) is 7.69. The number of pyridine rings is 1. The summed E-state index contributed by atoms with van der Waals surface area (Å²) < 4.78 is 10.6. The highest BCUT2D eigenvalue weighted by Gasteiger charge is 2.50. The van der Waals surface area contributed by atoms with Crippen molar-refractivity contribution in [1.82, 2.24) is 15.6 Å². The van der Waals surface area contributed by atoms with Crippen molar-refractivity contribution in [2.24, 2.45) is 0 Å². The van der Waals surface area contributed by atoms with Crippen LogP contribution in [0.3, 0.4) is 0 Å². The lowest BCUT2D eigenvalue weighted by molar-refractivity contribution is -0.131. The largest absolute Gasteiger partial charge is 0.497 e. The van der Waals surface area contributed by atoms with Crippen molar-refractivity contribution in [1.29, 1.82) is 0 Å². The van der Waals surface area contributed by atoms with Crippen LogP contribution in [0.15, 0.2) is 58.9 Å². The molecule has 9 heteroatoms. The molecule has 3 atom stereocenters. The van der Waals surface area contributed by atoms with Crippen molar-refractivity contribution in [2.45, 2.75) is 56.7 Å². The third-order valence-corrected chi connectivity index (χ3v) is 6.57. The quantitative estimate of drug-likeness (QED) is 0.325. The number of hydrogen-bond acceptors (Lipinski definition) is 6. The van der Waals surface area contributed by atoms with Gasteiger partial charge in [-0.3, -0.25) is 19.2 Å². The average molecular weight is 494 g/mol. The van der Waals surface area contributed by atoms with E-state index in [0.29, 0.717) is 18.8 Å². The van der Waals surface area contributed by atoms with Crippen molar-refractivity contribution < 1.29 is 23.9 Å². The molecule has 3 N–H and O–H groups in total. The molecule has 1 fully saturated rings. The van der Waals surface area contributed by atoms with Crippen LogP contribution in [0.5, 0.6) is 5.75 Å². The van der Waals surface area contributed by atoms with Gasteiger partial charge in [0.15, 0.2) is 5.78 Å². The van der Waals surface area contributed by atoms with Gasteiger partial charge in [-0.15, -0.1) is 0 Å². The molecular weight excluding hydrogens is 462 g/mol. The SMILES string of the molecule is COc1ccc(C[C@H](NC(=O)c2cccc(=O)[nH]2)C(=O)N[C@@H](CC2=CCCC2)C(=O)[C@]2(C)CO2)cc1. The summed E-state index contributed by atoms with van der Waals surface area (Å²) in [6.45, 7) is 2.05. The van der Waals surface area contributed by atoms with Crippen LogP contribution in [0.2, 0.25) is 0 Å². The molecule has 1 aliphatic carbocycles. The Labute approximate surface area is 209 Å². The summed E-state index contributed by atoms with van der Waals surface area (Å²) in [5, 5.41) is 5.60. The van der Waals surface area contributed by atoms with Crippen LogP contribution in [0.25, 0.3) is 0 Å². The van der Waals surface area contributed by atoms with E-state index in [4.69, 9.17) is 9.47 Å². The third kappa shape index (κ3) is 6.28. The zero-order chi connectivity index (χ0) is 25.7. The van der Waals surface area contributed by atoms with E-state index in [1.54, 1.807) is 38.3 Å². The Morgan fingerprint density at radius 3 is 2.44 bits per heavy atom. The number of Topliss-reactive ketones (excluding diaryl/α,β-unsaturated/α-hetero) is 1. The molecule has 2 aromatic rings. The summed E-state index contributed by atoms with van der Waals surface area (Å²) in [7, 11) is 1.56. The average Bonchev–Trinajstić information content (AvgIpc) is 3.41. The van der Waals surface area contributed by atoms with Gasteiger partial charge in [0.2, 0.25) is 11.5 Å². The number of ketones is 1. The van der Waals surface area contributed by atoms with E-state index in [0.717, 1.165) is 30.4 Å². The summed E-state index contributed by atoms with van der Waals surface area (Å²) >= 11 is 0. The minimum absolute atomic E-state index is 0.0395. The second-order valence-electron chi connectivity index (χ2n) is 9.41. The fraction of sp³-hybridized carbons (Fsp3) is 0.407. The van der Waals surface area contributed by atoms with Gasteiger partial charge < -0.3 is 25.1 Å². The van der Waals surface area contributed by atoms with Gasteiger partial charge in [0.25, 0.3) is 5.91 Å². The van der Waals surface area contributed by atoms with Crippen LogP contribution in [0.1, 0.15) is 48.7 Å². The summed E-state index contributed by atoms with van der Waals surface area (Å²) in [4.78, 5) is 53.7. The number of ether oxygens (including phenoxy) is 2. The van der Waals surface area contributed by atoms with E-state index in [-0.39, 0.29) is 17.9 Å². The number of aromatic amines is 1. The van der Waals surface area contributed by atoms with E-state index in [1.807, 2.05) is 0 Å². The smallest absolute Gasteiger partial charge is 0.268 e. The predicted octanol–water partition coefficient (Wildman–Crippen LogP) is 2.07. The lowest BCUT2D eigenvalue weighted by Crippen LogP contribution is -2.54. The Morgan fingerprint density at radius 2 is 1.83 bits per heavy atom.